The van der Waals surface area contributed by atoms with Crippen LogP contribution in [0.2, 0.25) is 0 Å². The van der Waals surface area contributed by atoms with Crippen molar-refractivity contribution in [1.29, 1.82) is 0 Å². The normalized spacial score (nSPS) is 17.7. The van der Waals surface area contributed by atoms with Gasteiger partial charge < -0.3 is 15.5 Å². The molecule has 1 aliphatic heterocycles. The van der Waals surface area contributed by atoms with E-state index in [0.717, 1.165) is 62.1 Å². The van der Waals surface area contributed by atoms with Crippen LogP contribution >= 0.6 is 11.8 Å². The number of piperazine rings is 1. The highest BCUT2D eigenvalue weighted by Crippen LogP contribution is 2.16. The Hall–Kier alpha value is -1.31. The number of guanidine groups is 1. The first-order valence-corrected chi connectivity index (χ1v) is 11.1. The van der Waals surface area contributed by atoms with Gasteiger partial charge in [-0.15, -0.1) is 0 Å². The molecule has 1 heterocycles. The van der Waals surface area contributed by atoms with Crippen LogP contribution in [0.4, 0.5) is 4.39 Å². The molecule has 152 valence electrons. The summed E-state index contributed by atoms with van der Waals surface area (Å²) in [4.78, 5) is 9.35. The Morgan fingerprint density at radius 3 is 2.59 bits per heavy atom. The van der Waals surface area contributed by atoms with Gasteiger partial charge in [0, 0.05) is 58.1 Å². The van der Waals surface area contributed by atoms with Crippen molar-refractivity contribution in [1.82, 2.24) is 20.4 Å². The Morgan fingerprint density at radius 2 is 1.96 bits per heavy atom. The van der Waals surface area contributed by atoms with E-state index in [0.29, 0.717) is 12.6 Å². The van der Waals surface area contributed by atoms with Gasteiger partial charge in [-0.3, -0.25) is 9.89 Å². The average Bonchev–Trinajstić information content (AvgIpc) is 2.69. The monoisotopic (exact) mass is 395 g/mol. The van der Waals surface area contributed by atoms with Crippen LogP contribution in [0, 0.1) is 5.82 Å². The molecule has 0 spiro atoms. The third-order valence-corrected chi connectivity index (χ3v) is 5.78. The highest BCUT2D eigenvalue weighted by molar-refractivity contribution is 7.97. The molecule has 1 aliphatic rings. The number of halogens is 1. The van der Waals surface area contributed by atoms with E-state index in [1.807, 2.05) is 12.3 Å². The highest BCUT2D eigenvalue weighted by atomic mass is 32.2. The number of likely N-dealkylation sites (N-methyl/N-ethyl adjacent to an activating group) is 1. The van der Waals surface area contributed by atoms with Crippen LogP contribution in [0.1, 0.15) is 25.0 Å². The lowest BCUT2D eigenvalue weighted by molar-refractivity contribution is 0.107. The predicted octanol–water partition coefficient (Wildman–Crippen LogP) is 2.38. The molecule has 1 unspecified atom stereocenters. The van der Waals surface area contributed by atoms with Gasteiger partial charge >= 0.3 is 0 Å². The molecular weight excluding hydrogens is 361 g/mol. The minimum atomic E-state index is -0.178. The van der Waals surface area contributed by atoms with Gasteiger partial charge in [0.25, 0.3) is 0 Å². The van der Waals surface area contributed by atoms with Crippen molar-refractivity contribution in [3.05, 3.63) is 35.1 Å². The lowest BCUT2D eigenvalue weighted by Gasteiger charge is -2.37. The molecule has 27 heavy (non-hydrogen) atoms. The Kier molecular flexibility index (Phi) is 9.38. The van der Waals surface area contributed by atoms with Crippen LogP contribution in [0.3, 0.4) is 0 Å². The van der Waals surface area contributed by atoms with Gasteiger partial charge in [-0.05, 0) is 43.0 Å². The molecule has 1 atom stereocenters. The minimum Gasteiger partial charge on any atom is -0.355 e. The first-order chi connectivity index (χ1) is 13.1. The molecule has 0 aliphatic carbocycles. The first-order valence-electron chi connectivity index (χ1n) is 9.74. The van der Waals surface area contributed by atoms with Crippen LogP contribution in [-0.2, 0) is 12.3 Å². The fourth-order valence-corrected chi connectivity index (χ4v) is 3.93. The maximum atomic E-state index is 13.5. The van der Waals surface area contributed by atoms with Crippen molar-refractivity contribution in [3.8, 4) is 0 Å². The molecule has 0 radical (unpaired) electrons. The van der Waals surface area contributed by atoms with Crippen LogP contribution in [-0.4, -0.2) is 74.4 Å². The summed E-state index contributed by atoms with van der Waals surface area (Å²) in [6.45, 7) is 11.7. The van der Waals surface area contributed by atoms with Crippen molar-refractivity contribution in [2.45, 2.75) is 32.2 Å². The number of benzene rings is 1. The molecule has 0 amide bonds. The van der Waals surface area contributed by atoms with Gasteiger partial charge in [0.15, 0.2) is 5.96 Å². The molecule has 2 rings (SSSR count). The molecule has 2 N–H and O–H groups in total. The van der Waals surface area contributed by atoms with E-state index < -0.39 is 0 Å². The standard InChI is InChI=1S/C20H34FN5S/c1-5-25-8-10-26(11-9-25)16(2)13-23-20(22-3)24-14-17-6-7-19(21)12-18(17)15-27-4/h6-7,12,16H,5,8-11,13-15H2,1-4H3,(H2,22,23,24). The summed E-state index contributed by atoms with van der Waals surface area (Å²) in [5.74, 6) is 1.41. The van der Waals surface area contributed by atoms with Crippen LogP contribution in [0.5, 0.6) is 0 Å². The molecular formula is C20H34FN5S. The Morgan fingerprint density at radius 1 is 1.22 bits per heavy atom. The van der Waals surface area contributed by atoms with E-state index in [9.17, 15) is 4.39 Å². The van der Waals surface area contributed by atoms with E-state index in [1.54, 1.807) is 24.9 Å². The van der Waals surface area contributed by atoms with Crippen molar-refractivity contribution >= 4 is 17.7 Å². The van der Waals surface area contributed by atoms with E-state index in [1.165, 1.54) is 6.07 Å². The van der Waals surface area contributed by atoms with Crippen molar-refractivity contribution < 1.29 is 4.39 Å². The topological polar surface area (TPSA) is 42.9 Å². The summed E-state index contributed by atoms with van der Waals surface area (Å²) < 4.78 is 13.5. The maximum absolute atomic E-state index is 13.5. The second-order valence-electron chi connectivity index (χ2n) is 6.97. The van der Waals surface area contributed by atoms with Gasteiger partial charge in [-0.2, -0.15) is 11.8 Å². The first kappa shape index (κ1) is 22.0. The summed E-state index contributed by atoms with van der Waals surface area (Å²) in [6, 6.07) is 5.47. The quantitative estimate of drug-likeness (QED) is 0.523. The average molecular weight is 396 g/mol. The Balaban J connectivity index is 1.81. The molecule has 1 saturated heterocycles. The molecule has 5 nitrogen and oxygen atoms in total. The lowest BCUT2D eigenvalue weighted by atomic mass is 10.1. The van der Waals surface area contributed by atoms with E-state index in [4.69, 9.17) is 0 Å². The summed E-state index contributed by atoms with van der Waals surface area (Å²) in [6.07, 6.45) is 2.03. The fraction of sp³-hybridized carbons (Fsp3) is 0.650. The summed E-state index contributed by atoms with van der Waals surface area (Å²) >= 11 is 1.70. The summed E-state index contributed by atoms with van der Waals surface area (Å²) in [5.41, 5.74) is 2.14. The largest absolute Gasteiger partial charge is 0.355 e. The van der Waals surface area contributed by atoms with Gasteiger partial charge in [0.2, 0.25) is 0 Å². The number of thioether (sulfide) groups is 1. The smallest absolute Gasteiger partial charge is 0.191 e. The number of aliphatic imine (C=N–C) groups is 1. The Bertz CT molecular complexity index is 602. The van der Waals surface area contributed by atoms with Gasteiger partial charge in [0.1, 0.15) is 5.82 Å². The number of nitrogens with one attached hydrogen (secondary N) is 2. The fourth-order valence-electron chi connectivity index (χ4n) is 3.35. The molecule has 1 aromatic carbocycles. The third-order valence-electron chi connectivity index (χ3n) is 5.18. The predicted molar refractivity (Wildman–Crippen MR) is 115 cm³/mol. The molecule has 0 saturated carbocycles. The molecule has 1 fully saturated rings. The van der Waals surface area contributed by atoms with Gasteiger partial charge in [0.05, 0.1) is 0 Å². The zero-order chi connectivity index (χ0) is 19.6. The summed E-state index contributed by atoms with van der Waals surface area (Å²) in [5, 5.41) is 6.79. The number of nitrogens with zero attached hydrogens (tertiary/aromatic N) is 3. The van der Waals surface area contributed by atoms with Crippen molar-refractivity contribution in [2.24, 2.45) is 4.99 Å². The summed E-state index contributed by atoms with van der Waals surface area (Å²) in [7, 11) is 1.79. The van der Waals surface area contributed by atoms with E-state index in [-0.39, 0.29) is 5.82 Å². The van der Waals surface area contributed by atoms with Crippen LogP contribution < -0.4 is 10.6 Å². The highest BCUT2D eigenvalue weighted by Gasteiger charge is 2.20. The third kappa shape index (κ3) is 6.97. The van der Waals surface area contributed by atoms with E-state index in [2.05, 4.69) is 39.3 Å². The number of hydrogen-bond acceptors (Lipinski definition) is 4. The van der Waals surface area contributed by atoms with Crippen LogP contribution in [0.15, 0.2) is 23.2 Å². The van der Waals surface area contributed by atoms with Crippen molar-refractivity contribution in [2.75, 3.05) is 52.6 Å². The molecule has 7 heteroatoms. The second-order valence-corrected chi connectivity index (χ2v) is 7.84. The SMILES string of the molecule is CCN1CCN(C(C)CNC(=NC)NCc2ccc(F)cc2CSC)CC1. The van der Waals surface area contributed by atoms with E-state index >= 15 is 0 Å². The van der Waals surface area contributed by atoms with Gasteiger partial charge in [-0.25, -0.2) is 4.39 Å². The number of hydrogen-bond donors (Lipinski definition) is 2. The maximum Gasteiger partial charge on any atom is 0.191 e. The van der Waals surface area contributed by atoms with Crippen molar-refractivity contribution in [3.63, 3.8) is 0 Å². The molecule has 1 aromatic rings. The minimum absolute atomic E-state index is 0.178. The lowest BCUT2D eigenvalue weighted by Crippen LogP contribution is -2.53. The Labute approximate surface area is 167 Å². The van der Waals surface area contributed by atoms with Gasteiger partial charge in [-0.1, -0.05) is 13.0 Å². The zero-order valence-corrected chi connectivity index (χ0v) is 17.9. The zero-order valence-electron chi connectivity index (χ0n) is 17.1. The second kappa shape index (κ2) is 11.5. The molecule has 0 bridgehead atoms. The molecule has 0 aromatic heterocycles. The van der Waals surface area contributed by atoms with Crippen LogP contribution in [0.25, 0.3) is 0 Å². The number of rotatable bonds is 8.